The van der Waals surface area contributed by atoms with Crippen LogP contribution in [0.4, 0.5) is 27.2 Å². The van der Waals surface area contributed by atoms with Gasteiger partial charge in [-0.2, -0.15) is 0 Å². The van der Waals surface area contributed by atoms with Crippen LogP contribution in [0.5, 0.6) is 11.5 Å². The van der Waals surface area contributed by atoms with Gasteiger partial charge in [-0.25, -0.2) is 27.2 Å². The molecule has 2 heterocycles. The van der Waals surface area contributed by atoms with E-state index in [2.05, 4.69) is 0 Å². The van der Waals surface area contributed by atoms with Gasteiger partial charge in [-0.1, -0.05) is 0 Å². The first-order valence-corrected chi connectivity index (χ1v) is 12.7. The molecule has 0 aliphatic carbocycles. The number of carbonyl (C=O) groups excluding carboxylic acids is 2. The van der Waals surface area contributed by atoms with Gasteiger partial charge in [0.2, 0.25) is 0 Å². The number of aliphatic hydroxyl groups is 1. The number of phenolic OH excluding ortho intramolecular Hbond substituents is 1. The lowest BCUT2D eigenvalue weighted by atomic mass is 10.1. The highest BCUT2D eigenvalue weighted by Gasteiger charge is 2.35. The number of phenols is 1. The number of aromatic hydroxyl groups is 1. The van der Waals surface area contributed by atoms with Crippen LogP contribution in [0.1, 0.15) is 41.5 Å². The molecule has 9 nitrogen and oxygen atoms in total. The SMILES string of the molecule is CC(C)(C)OC(=O)N1CC(O)C1.CC(C)(C)OC(=O)N1CC(Oc2ccc(F)c(F)c2)C1.Oc1ccc(F)c(F)c1.[CH3-]. The summed E-state index contributed by atoms with van der Waals surface area (Å²) in [5, 5.41) is 17.4. The van der Waals surface area contributed by atoms with Gasteiger partial charge in [-0.3, -0.25) is 0 Å². The van der Waals surface area contributed by atoms with E-state index >= 15 is 0 Å². The molecule has 2 aliphatic heterocycles. The Morgan fingerprint density at radius 1 is 0.738 bits per heavy atom. The van der Waals surface area contributed by atoms with Crippen LogP contribution in [0.15, 0.2) is 36.4 Å². The molecule has 0 bridgehead atoms. The Kier molecular flexibility index (Phi) is 12.9. The fraction of sp³-hybridized carbons (Fsp3) is 0.483. The Bertz CT molecular complexity index is 1190. The third kappa shape index (κ3) is 12.4. The molecule has 2 aromatic rings. The zero-order chi connectivity index (χ0) is 31.1. The second kappa shape index (κ2) is 14.9. The highest BCUT2D eigenvalue weighted by molar-refractivity contribution is 5.69. The van der Waals surface area contributed by atoms with Crippen LogP contribution in [-0.2, 0) is 9.47 Å². The van der Waals surface area contributed by atoms with E-state index in [0.717, 1.165) is 30.3 Å². The predicted molar refractivity (Wildman–Crippen MR) is 147 cm³/mol. The van der Waals surface area contributed by atoms with Crippen LogP contribution in [0.25, 0.3) is 0 Å². The monoisotopic (exact) mass is 603 g/mol. The fourth-order valence-corrected chi connectivity index (χ4v) is 3.15. The summed E-state index contributed by atoms with van der Waals surface area (Å²) < 4.78 is 65.5. The number of hydrogen-bond acceptors (Lipinski definition) is 7. The summed E-state index contributed by atoms with van der Waals surface area (Å²) in [4.78, 5) is 25.8. The minimum Gasteiger partial charge on any atom is -0.508 e. The lowest BCUT2D eigenvalue weighted by Gasteiger charge is -2.39. The molecular weight excluding hydrogens is 564 g/mol. The van der Waals surface area contributed by atoms with Crippen molar-refractivity contribution in [3.05, 3.63) is 67.1 Å². The molecule has 2 fully saturated rings. The number of hydrogen-bond donors (Lipinski definition) is 2. The molecule has 0 radical (unpaired) electrons. The molecule has 2 aromatic carbocycles. The number of nitrogens with zero attached hydrogens (tertiary/aromatic N) is 2. The van der Waals surface area contributed by atoms with Crippen molar-refractivity contribution in [2.24, 2.45) is 0 Å². The molecule has 2 N–H and O–H groups in total. The topological polar surface area (TPSA) is 109 Å². The van der Waals surface area contributed by atoms with Gasteiger partial charge in [0.25, 0.3) is 0 Å². The molecule has 2 amide bonds. The molecular formula is C29H39F4N2O7-. The number of aliphatic hydroxyl groups excluding tert-OH is 1. The van der Waals surface area contributed by atoms with E-state index in [1.807, 2.05) is 20.8 Å². The summed E-state index contributed by atoms with van der Waals surface area (Å²) in [6, 6.07) is 6.02. The maximum atomic E-state index is 13.0. The van der Waals surface area contributed by atoms with Crippen molar-refractivity contribution in [3.8, 4) is 11.5 Å². The van der Waals surface area contributed by atoms with Gasteiger partial charge in [0.15, 0.2) is 23.3 Å². The van der Waals surface area contributed by atoms with Crippen LogP contribution in [-0.4, -0.2) is 81.8 Å². The summed E-state index contributed by atoms with van der Waals surface area (Å²) in [6.07, 6.45) is -1.33. The summed E-state index contributed by atoms with van der Waals surface area (Å²) in [5.74, 6) is -3.87. The van der Waals surface area contributed by atoms with Crippen LogP contribution < -0.4 is 4.74 Å². The molecule has 2 aliphatic rings. The van der Waals surface area contributed by atoms with Crippen LogP contribution in [0, 0.1) is 30.7 Å². The number of carbonyl (C=O) groups is 2. The standard InChI is InChI=1S/C14H17F2NO3.C8H15NO3.C6H4F2O.CH3/c1-14(2,3)20-13(18)17-7-10(8-17)19-9-4-5-11(15)12(16)6-9;1-8(2,3)12-7(11)9-4-6(10)5-9;7-5-2-1-4(9)3-6(5)8;/h4-6,10H,7-8H2,1-3H3;6,10H,4-5H2,1-3H3;1-3,9H;1H3/q;;;-1. The maximum absolute atomic E-state index is 13.0. The zero-order valence-corrected chi connectivity index (χ0v) is 24.8. The van der Waals surface area contributed by atoms with Crippen molar-refractivity contribution in [3.63, 3.8) is 0 Å². The van der Waals surface area contributed by atoms with E-state index in [4.69, 9.17) is 24.4 Å². The number of ether oxygens (including phenoxy) is 3. The Labute approximate surface area is 243 Å². The fourth-order valence-electron chi connectivity index (χ4n) is 3.15. The largest absolute Gasteiger partial charge is 0.508 e. The van der Waals surface area contributed by atoms with Gasteiger partial charge in [0, 0.05) is 12.1 Å². The van der Waals surface area contributed by atoms with Gasteiger partial charge in [-0.05, 0) is 65.8 Å². The van der Waals surface area contributed by atoms with Crippen molar-refractivity contribution in [1.82, 2.24) is 9.80 Å². The molecule has 0 saturated carbocycles. The molecule has 0 atom stereocenters. The first kappa shape index (κ1) is 36.3. The average Bonchev–Trinajstić information content (AvgIpc) is 2.77. The number of β-amino-alcohol motifs (C(OH)–C–C–N with tert-alkyl or cyclic N) is 1. The minimum atomic E-state index is -1.03. The predicted octanol–water partition coefficient (Wildman–Crippen LogP) is 5.68. The van der Waals surface area contributed by atoms with Crippen molar-refractivity contribution >= 4 is 12.2 Å². The quantitative estimate of drug-likeness (QED) is 0.336. The molecule has 236 valence electrons. The molecule has 42 heavy (non-hydrogen) atoms. The Morgan fingerprint density at radius 2 is 1.17 bits per heavy atom. The Balaban J connectivity index is 0.000000342. The van der Waals surface area contributed by atoms with E-state index in [1.54, 1.807) is 20.8 Å². The lowest BCUT2D eigenvalue weighted by molar-refractivity contribution is -0.0303. The van der Waals surface area contributed by atoms with E-state index in [1.165, 1.54) is 15.9 Å². The number of benzene rings is 2. The highest BCUT2D eigenvalue weighted by Crippen LogP contribution is 2.22. The molecule has 4 rings (SSSR count). The summed E-state index contributed by atoms with van der Waals surface area (Å²) in [7, 11) is 0. The van der Waals surface area contributed by atoms with Gasteiger partial charge in [0.1, 0.15) is 28.8 Å². The molecule has 0 aromatic heterocycles. The van der Waals surface area contributed by atoms with E-state index in [-0.39, 0.29) is 37.2 Å². The second-order valence-electron chi connectivity index (χ2n) is 11.3. The molecule has 0 unspecified atom stereocenters. The number of likely N-dealkylation sites (tertiary alicyclic amines) is 2. The van der Waals surface area contributed by atoms with Crippen molar-refractivity contribution in [2.45, 2.75) is 65.0 Å². The van der Waals surface area contributed by atoms with Crippen LogP contribution in [0.3, 0.4) is 0 Å². The number of amides is 2. The Hall–Kier alpha value is -3.74. The van der Waals surface area contributed by atoms with Crippen molar-refractivity contribution < 1.29 is 51.6 Å². The molecule has 13 heteroatoms. The lowest BCUT2D eigenvalue weighted by Crippen LogP contribution is -2.57. The normalized spacial score (nSPS) is 14.9. The third-order valence-electron chi connectivity index (χ3n) is 5.11. The van der Waals surface area contributed by atoms with Crippen LogP contribution >= 0.6 is 0 Å². The van der Waals surface area contributed by atoms with E-state index < -0.39 is 40.6 Å². The molecule has 2 saturated heterocycles. The van der Waals surface area contributed by atoms with Crippen LogP contribution in [0.2, 0.25) is 0 Å². The van der Waals surface area contributed by atoms with Crippen molar-refractivity contribution in [2.75, 3.05) is 26.2 Å². The third-order valence-corrected chi connectivity index (χ3v) is 5.11. The summed E-state index contributed by atoms with van der Waals surface area (Å²) >= 11 is 0. The van der Waals surface area contributed by atoms with Crippen molar-refractivity contribution in [1.29, 1.82) is 0 Å². The second-order valence-corrected chi connectivity index (χ2v) is 11.3. The number of rotatable bonds is 2. The maximum Gasteiger partial charge on any atom is 0.410 e. The molecule has 0 spiro atoms. The first-order chi connectivity index (χ1) is 18.8. The van der Waals surface area contributed by atoms with Gasteiger partial charge >= 0.3 is 12.2 Å². The van der Waals surface area contributed by atoms with Gasteiger partial charge < -0.3 is 41.7 Å². The van der Waals surface area contributed by atoms with E-state index in [0.29, 0.717) is 26.2 Å². The number of halogens is 4. The summed E-state index contributed by atoms with van der Waals surface area (Å²) in [5.41, 5.74) is -0.985. The summed E-state index contributed by atoms with van der Waals surface area (Å²) in [6.45, 7) is 12.4. The van der Waals surface area contributed by atoms with Gasteiger partial charge in [-0.15, -0.1) is 0 Å². The Morgan fingerprint density at radius 3 is 1.55 bits per heavy atom. The van der Waals surface area contributed by atoms with E-state index in [9.17, 15) is 27.2 Å². The first-order valence-electron chi connectivity index (χ1n) is 12.7. The minimum absolute atomic E-state index is 0. The van der Waals surface area contributed by atoms with Gasteiger partial charge in [0.05, 0.1) is 32.3 Å². The smallest absolute Gasteiger partial charge is 0.410 e. The average molecular weight is 604 g/mol. The highest BCUT2D eigenvalue weighted by atomic mass is 19.2. The zero-order valence-electron chi connectivity index (χ0n) is 24.8.